The van der Waals surface area contributed by atoms with Gasteiger partial charge in [0.15, 0.2) is 0 Å². The number of anilines is 1. The summed E-state index contributed by atoms with van der Waals surface area (Å²) in [6.45, 7) is 2.30. The zero-order valence-electron chi connectivity index (χ0n) is 11.4. The molecule has 0 radical (unpaired) electrons. The number of rotatable bonds is 4. The minimum absolute atomic E-state index is 0.152. The van der Waals surface area contributed by atoms with Gasteiger partial charge in [-0.15, -0.1) is 0 Å². The molecule has 0 aliphatic rings. The molecule has 0 atom stereocenters. The molecule has 5 nitrogen and oxygen atoms in total. The first-order valence-electron chi connectivity index (χ1n) is 6.13. The molecule has 0 aliphatic carbocycles. The van der Waals surface area contributed by atoms with E-state index in [-0.39, 0.29) is 10.7 Å². The predicted octanol–water partition coefficient (Wildman–Crippen LogP) is 1.79. The third kappa shape index (κ3) is 3.15. The van der Waals surface area contributed by atoms with Crippen molar-refractivity contribution in [2.45, 2.75) is 18.4 Å². The molecule has 0 saturated carbocycles. The number of benzene rings is 1. The van der Waals surface area contributed by atoms with Crippen LogP contribution in [-0.2, 0) is 16.6 Å². The molecule has 0 amide bonds. The Balaban J connectivity index is 2.23. The van der Waals surface area contributed by atoms with E-state index < -0.39 is 10.0 Å². The van der Waals surface area contributed by atoms with E-state index in [1.807, 2.05) is 31.2 Å². The Labute approximate surface area is 119 Å². The third-order valence-corrected chi connectivity index (χ3v) is 4.79. The van der Waals surface area contributed by atoms with Gasteiger partial charge in [-0.2, -0.15) is 4.31 Å². The van der Waals surface area contributed by atoms with Crippen LogP contribution in [0.3, 0.4) is 0 Å². The largest absolute Gasteiger partial charge is 0.384 e. The van der Waals surface area contributed by atoms with E-state index in [2.05, 4.69) is 4.98 Å². The summed E-state index contributed by atoms with van der Waals surface area (Å²) in [7, 11) is -2.01. The molecular weight excluding hydrogens is 274 g/mol. The lowest BCUT2D eigenvalue weighted by atomic mass is 10.1. The maximum atomic E-state index is 12.4. The fraction of sp³-hybridized carbons (Fsp3) is 0.214. The van der Waals surface area contributed by atoms with Crippen molar-refractivity contribution >= 4 is 15.8 Å². The van der Waals surface area contributed by atoms with Crippen molar-refractivity contribution in [3.8, 4) is 0 Å². The molecular formula is C14H17N3O2S. The molecule has 20 heavy (non-hydrogen) atoms. The standard InChI is InChI=1S/C14H17N3O2S/c1-11-3-5-12(6-4-11)10-17(2)20(18,19)13-7-8-16-14(15)9-13/h3-9H,10H2,1-2H3,(H2,15,16). The van der Waals surface area contributed by atoms with Gasteiger partial charge in [-0.05, 0) is 18.6 Å². The minimum atomic E-state index is -3.56. The molecule has 0 unspecified atom stereocenters. The van der Waals surface area contributed by atoms with Crippen molar-refractivity contribution in [2.75, 3.05) is 12.8 Å². The number of hydrogen-bond donors (Lipinski definition) is 1. The first-order valence-corrected chi connectivity index (χ1v) is 7.57. The number of aryl methyl sites for hydroxylation is 1. The number of nitrogen functional groups attached to an aromatic ring is 1. The normalized spacial score (nSPS) is 11.8. The van der Waals surface area contributed by atoms with Gasteiger partial charge in [0.2, 0.25) is 10.0 Å². The summed E-state index contributed by atoms with van der Waals surface area (Å²) in [6.07, 6.45) is 1.39. The van der Waals surface area contributed by atoms with E-state index in [0.29, 0.717) is 6.54 Å². The summed E-state index contributed by atoms with van der Waals surface area (Å²) in [4.78, 5) is 3.95. The van der Waals surface area contributed by atoms with E-state index in [1.54, 1.807) is 7.05 Å². The van der Waals surface area contributed by atoms with Gasteiger partial charge in [0.1, 0.15) is 5.82 Å². The molecule has 1 aromatic carbocycles. The van der Waals surface area contributed by atoms with Crippen LogP contribution in [0.4, 0.5) is 5.82 Å². The quantitative estimate of drug-likeness (QED) is 0.931. The fourth-order valence-electron chi connectivity index (χ4n) is 1.80. The topological polar surface area (TPSA) is 76.3 Å². The van der Waals surface area contributed by atoms with Crippen LogP contribution in [-0.4, -0.2) is 24.8 Å². The molecule has 0 bridgehead atoms. The lowest BCUT2D eigenvalue weighted by Gasteiger charge is -2.17. The summed E-state index contributed by atoms with van der Waals surface area (Å²) >= 11 is 0. The second kappa shape index (κ2) is 5.60. The molecule has 2 rings (SSSR count). The minimum Gasteiger partial charge on any atom is -0.384 e. The fourth-order valence-corrected chi connectivity index (χ4v) is 2.99. The van der Waals surface area contributed by atoms with Crippen molar-refractivity contribution in [1.82, 2.24) is 9.29 Å². The summed E-state index contributed by atoms with van der Waals surface area (Å²) in [5.41, 5.74) is 7.60. The molecule has 1 aromatic heterocycles. The van der Waals surface area contributed by atoms with Gasteiger partial charge in [0.05, 0.1) is 4.90 Å². The molecule has 6 heteroatoms. The summed E-state index contributed by atoms with van der Waals surface area (Å²) < 4.78 is 26.1. The van der Waals surface area contributed by atoms with Crippen LogP contribution in [0.15, 0.2) is 47.5 Å². The highest BCUT2D eigenvalue weighted by Gasteiger charge is 2.21. The van der Waals surface area contributed by atoms with Gasteiger partial charge >= 0.3 is 0 Å². The zero-order valence-corrected chi connectivity index (χ0v) is 12.3. The van der Waals surface area contributed by atoms with Crippen LogP contribution in [0.5, 0.6) is 0 Å². The molecule has 2 N–H and O–H groups in total. The Morgan fingerprint density at radius 1 is 1.20 bits per heavy atom. The monoisotopic (exact) mass is 291 g/mol. The van der Waals surface area contributed by atoms with Gasteiger partial charge in [-0.25, -0.2) is 13.4 Å². The van der Waals surface area contributed by atoms with Crippen molar-refractivity contribution in [3.05, 3.63) is 53.7 Å². The SMILES string of the molecule is Cc1ccc(CN(C)S(=O)(=O)c2ccnc(N)c2)cc1. The Kier molecular flexibility index (Phi) is 4.06. The van der Waals surface area contributed by atoms with E-state index in [9.17, 15) is 8.42 Å². The number of nitrogens with zero attached hydrogens (tertiary/aromatic N) is 2. The first kappa shape index (κ1) is 14.5. The number of sulfonamides is 1. The third-order valence-electron chi connectivity index (χ3n) is 2.99. The van der Waals surface area contributed by atoms with Crippen LogP contribution >= 0.6 is 0 Å². The lowest BCUT2D eigenvalue weighted by Crippen LogP contribution is -2.26. The Hall–Kier alpha value is -1.92. The Morgan fingerprint density at radius 2 is 1.85 bits per heavy atom. The molecule has 106 valence electrons. The average molecular weight is 291 g/mol. The van der Waals surface area contributed by atoms with Crippen molar-refractivity contribution in [3.63, 3.8) is 0 Å². The van der Waals surface area contributed by atoms with Gasteiger partial charge in [0, 0.05) is 25.9 Å². The van der Waals surface area contributed by atoms with E-state index in [1.165, 1.54) is 22.6 Å². The van der Waals surface area contributed by atoms with Gasteiger partial charge in [-0.3, -0.25) is 0 Å². The van der Waals surface area contributed by atoms with Crippen LogP contribution in [0.25, 0.3) is 0 Å². The molecule has 0 spiro atoms. The summed E-state index contributed by atoms with van der Waals surface area (Å²) in [5.74, 6) is 0.190. The number of hydrogen-bond acceptors (Lipinski definition) is 4. The average Bonchev–Trinajstić information content (AvgIpc) is 2.41. The first-order chi connectivity index (χ1) is 9.39. The van der Waals surface area contributed by atoms with Crippen LogP contribution in [0.2, 0.25) is 0 Å². The zero-order chi connectivity index (χ0) is 14.8. The highest BCUT2D eigenvalue weighted by atomic mass is 32.2. The number of pyridine rings is 1. The van der Waals surface area contributed by atoms with Crippen molar-refractivity contribution in [2.24, 2.45) is 0 Å². The van der Waals surface area contributed by atoms with Crippen molar-refractivity contribution in [1.29, 1.82) is 0 Å². The van der Waals surface area contributed by atoms with Gasteiger partial charge in [-0.1, -0.05) is 29.8 Å². The number of nitrogens with two attached hydrogens (primary N) is 1. The van der Waals surface area contributed by atoms with E-state index in [4.69, 9.17) is 5.73 Å². The highest BCUT2D eigenvalue weighted by molar-refractivity contribution is 7.89. The molecule has 0 saturated heterocycles. The Bertz CT molecular complexity index is 697. The smallest absolute Gasteiger partial charge is 0.243 e. The van der Waals surface area contributed by atoms with Crippen LogP contribution in [0, 0.1) is 6.92 Å². The van der Waals surface area contributed by atoms with Crippen LogP contribution < -0.4 is 5.73 Å². The summed E-state index contributed by atoms with van der Waals surface area (Å²) in [6, 6.07) is 10.6. The molecule has 2 aromatic rings. The van der Waals surface area contributed by atoms with Crippen molar-refractivity contribution < 1.29 is 8.42 Å². The lowest BCUT2D eigenvalue weighted by molar-refractivity contribution is 0.466. The van der Waals surface area contributed by atoms with Gasteiger partial charge in [0.25, 0.3) is 0 Å². The maximum Gasteiger partial charge on any atom is 0.243 e. The molecule has 0 aliphatic heterocycles. The maximum absolute atomic E-state index is 12.4. The van der Waals surface area contributed by atoms with Gasteiger partial charge < -0.3 is 5.73 Å². The number of aromatic nitrogens is 1. The van der Waals surface area contributed by atoms with Crippen LogP contribution in [0.1, 0.15) is 11.1 Å². The van der Waals surface area contributed by atoms with E-state index >= 15 is 0 Å². The predicted molar refractivity (Wildman–Crippen MR) is 78.5 cm³/mol. The second-order valence-electron chi connectivity index (χ2n) is 4.66. The summed E-state index contributed by atoms with van der Waals surface area (Å²) in [5, 5.41) is 0. The van der Waals surface area contributed by atoms with E-state index in [0.717, 1.165) is 11.1 Å². The Morgan fingerprint density at radius 3 is 2.45 bits per heavy atom. The second-order valence-corrected chi connectivity index (χ2v) is 6.71. The highest BCUT2D eigenvalue weighted by Crippen LogP contribution is 2.17. The molecule has 1 heterocycles. The molecule has 0 fully saturated rings.